The number of aliphatic imine (C=N–C) groups is 1. The summed E-state index contributed by atoms with van der Waals surface area (Å²) in [5.41, 5.74) is 3.33. The fourth-order valence-corrected chi connectivity index (χ4v) is 2.38. The topological polar surface area (TPSA) is 30.8 Å². The standard InChI is InChI=1S/C18H19NO2/c1-3-13(2)15-6-4-5-7-16(15)19-11-14-8-9-17-18(10-14)21-12-20-17/h4-11,13H,3,12H2,1-2H3/t13-/m0/s1. The summed E-state index contributed by atoms with van der Waals surface area (Å²) in [4.78, 5) is 4.65. The molecule has 1 aliphatic rings. The first-order valence-corrected chi connectivity index (χ1v) is 7.30. The lowest BCUT2D eigenvalue weighted by Crippen LogP contribution is -1.93. The monoisotopic (exact) mass is 281 g/mol. The highest BCUT2D eigenvalue weighted by Gasteiger charge is 2.12. The van der Waals surface area contributed by atoms with Crippen molar-refractivity contribution in [3.05, 3.63) is 53.6 Å². The van der Waals surface area contributed by atoms with Crippen molar-refractivity contribution in [2.24, 2.45) is 4.99 Å². The Labute approximate surface area is 125 Å². The van der Waals surface area contributed by atoms with E-state index < -0.39 is 0 Å². The molecule has 0 bridgehead atoms. The lowest BCUT2D eigenvalue weighted by Gasteiger charge is -2.11. The van der Waals surface area contributed by atoms with Gasteiger partial charge in [0.25, 0.3) is 0 Å². The van der Waals surface area contributed by atoms with Gasteiger partial charge < -0.3 is 9.47 Å². The minimum absolute atomic E-state index is 0.298. The molecule has 21 heavy (non-hydrogen) atoms. The second kappa shape index (κ2) is 6.00. The molecule has 2 aromatic rings. The predicted octanol–water partition coefficient (Wildman–Crippen LogP) is 4.68. The third kappa shape index (κ3) is 2.92. The Kier molecular flexibility index (Phi) is 3.91. The molecule has 3 heteroatoms. The number of para-hydroxylation sites is 1. The van der Waals surface area contributed by atoms with Gasteiger partial charge in [-0.15, -0.1) is 0 Å². The Balaban J connectivity index is 1.86. The zero-order valence-electron chi connectivity index (χ0n) is 12.4. The van der Waals surface area contributed by atoms with E-state index in [0.717, 1.165) is 29.2 Å². The Morgan fingerprint density at radius 1 is 1.14 bits per heavy atom. The smallest absolute Gasteiger partial charge is 0.231 e. The van der Waals surface area contributed by atoms with Crippen LogP contribution in [0, 0.1) is 0 Å². The van der Waals surface area contributed by atoms with Crippen LogP contribution in [0.15, 0.2) is 47.5 Å². The van der Waals surface area contributed by atoms with Crippen molar-refractivity contribution in [3.8, 4) is 11.5 Å². The zero-order valence-corrected chi connectivity index (χ0v) is 12.4. The average Bonchev–Trinajstić information content (AvgIpc) is 3.00. The summed E-state index contributed by atoms with van der Waals surface area (Å²) >= 11 is 0. The molecule has 3 nitrogen and oxygen atoms in total. The Morgan fingerprint density at radius 3 is 2.81 bits per heavy atom. The van der Waals surface area contributed by atoms with Crippen LogP contribution in [-0.2, 0) is 0 Å². The van der Waals surface area contributed by atoms with E-state index in [9.17, 15) is 0 Å². The number of nitrogens with zero attached hydrogens (tertiary/aromatic N) is 1. The molecule has 0 unspecified atom stereocenters. The molecule has 1 heterocycles. The van der Waals surface area contributed by atoms with E-state index in [1.807, 2.05) is 30.5 Å². The van der Waals surface area contributed by atoms with E-state index in [0.29, 0.717) is 12.7 Å². The molecule has 0 N–H and O–H groups in total. The number of hydrogen-bond donors (Lipinski definition) is 0. The van der Waals surface area contributed by atoms with Gasteiger partial charge in [0.2, 0.25) is 6.79 Å². The van der Waals surface area contributed by atoms with E-state index >= 15 is 0 Å². The fourth-order valence-electron chi connectivity index (χ4n) is 2.38. The highest BCUT2D eigenvalue weighted by atomic mass is 16.7. The molecule has 0 amide bonds. The summed E-state index contributed by atoms with van der Waals surface area (Å²) in [6, 6.07) is 14.2. The van der Waals surface area contributed by atoms with Crippen LogP contribution in [-0.4, -0.2) is 13.0 Å². The molecule has 0 aliphatic carbocycles. The molecule has 108 valence electrons. The largest absolute Gasteiger partial charge is 0.454 e. The molecule has 0 aromatic heterocycles. The summed E-state index contributed by atoms with van der Waals surface area (Å²) in [7, 11) is 0. The quantitative estimate of drug-likeness (QED) is 0.762. The molecule has 0 saturated carbocycles. The lowest BCUT2D eigenvalue weighted by atomic mass is 9.97. The van der Waals surface area contributed by atoms with Crippen LogP contribution in [0.4, 0.5) is 5.69 Å². The maximum atomic E-state index is 5.39. The average molecular weight is 281 g/mol. The van der Waals surface area contributed by atoms with Gasteiger partial charge in [-0.1, -0.05) is 32.0 Å². The van der Waals surface area contributed by atoms with Crippen LogP contribution in [0.2, 0.25) is 0 Å². The van der Waals surface area contributed by atoms with Gasteiger partial charge in [-0.05, 0) is 47.7 Å². The second-order valence-electron chi connectivity index (χ2n) is 5.24. The normalized spacial score (nSPS) is 14.6. The van der Waals surface area contributed by atoms with Crippen LogP contribution >= 0.6 is 0 Å². The maximum absolute atomic E-state index is 5.39. The molecular weight excluding hydrogens is 262 g/mol. The number of benzene rings is 2. The molecule has 3 rings (SSSR count). The van der Waals surface area contributed by atoms with E-state index in [2.05, 4.69) is 37.0 Å². The second-order valence-corrected chi connectivity index (χ2v) is 5.24. The SMILES string of the molecule is CC[C@H](C)c1ccccc1N=Cc1ccc2c(c1)OCO2. The fraction of sp³-hybridized carbons (Fsp3) is 0.278. The van der Waals surface area contributed by atoms with E-state index in [-0.39, 0.29) is 0 Å². The van der Waals surface area contributed by atoms with Crippen molar-refractivity contribution in [1.82, 2.24) is 0 Å². The van der Waals surface area contributed by atoms with Gasteiger partial charge in [0.1, 0.15) is 0 Å². The van der Waals surface area contributed by atoms with Crippen LogP contribution in [0.3, 0.4) is 0 Å². The van der Waals surface area contributed by atoms with Gasteiger partial charge in [0.05, 0.1) is 5.69 Å². The molecule has 0 radical (unpaired) electrons. The summed E-state index contributed by atoms with van der Waals surface area (Å²) in [6.07, 6.45) is 2.99. The lowest BCUT2D eigenvalue weighted by molar-refractivity contribution is 0.174. The molecular formula is C18H19NO2. The van der Waals surface area contributed by atoms with Gasteiger partial charge in [0.15, 0.2) is 11.5 Å². The van der Waals surface area contributed by atoms with Gasteiger partial charge in [0, 0.05) is 6.21 Å². The van der Waals surface area contributed by atoms with Crippen molar-refractivity contribution < 1.29 is 9.47 Å². The Hall–Kier alpha value is -2.29. The molecule has 1 aliphatic heterocycles. The summed E-state index contributed by atoms with van der Waals surface area (Å²) in [5, 5.41) is 0. The van der Waals surface area contributed by atoms with Crippen LogP contribution < -0.4 is 9.47 Å². The number of hydrogen-bond acceptors (Lipinski definition) is 3. The van der Waals surface area contributed by atoms with Crippen molar-refractivity contribution in [1.29, 1.82) is 0 Å². The zero-order chi connectivity index (χ0) is 14.7. The van der Waals surface area contributed by atoms with E-state index in [1.165, 1.54) is 5.56 Å². The molecule has 1 atom stereocenters. The van der Waals surface area contributed by atoms with Crippen molar-refractivity contribution in [2.45, 2.75) is 26.2 Å². The highest BCUT2D eigenvalue weighted by molar-refractivity contribution is 5.83. The maximum Gasteiger partial charge on any atom is 0.231 e. The number of rotatable bonds is 4. The van der Waals surface area contributed by atoms with E-state index in [1.54, 1.807) is 0 Å². The Morgan fingerprint density at radius 2 is 1.95 bits per heavy atom. The first-order chi connectivity index (χ1) is 10.3. The number of ether oxygens (including phenoxy) is 2. The van der Waals surface area contributed by atoms with Gasteiger partial charge in [-0.25, -0.2) is 0 Å². The van der Waals surface area contributed by atoms with Crippen LogP contribution in [0.25, 0.3) is 0 Å². The van der Waals surface area contributed by atoms with Crippen LogP contribution in [0.1, 0.15) is 37.3 Å². The Bertz CT molecular complexity index is 664. The predicted molar refractivity (Wildman–Crippen MR) is 85.0 cm³/mol. The summed E-state index contributed by atoms with van der Waals surface area (Å²) in [5.74, 6) is 2.09. The van der Waals surface area contributed by atoms with Crippen LogP contribution in [0.5, 0.6) is 11.5 Å². The van der Waals surface area contributed by atoms with Crippen molar-refractivity contribution in [3.63, 3.8) is 0 Å². The van der Waals surface area contributed by atoms with Crippen molar-refractivity contribution in [2.75, 3.05) is 6.79 Å². The minimum atomic E-state index is 0.298. The number of fused-ring (bicyclic) bond motifs is 1. The third-order valence-corrected chi connectivity index (χ3v) is 3.83. The first-order valence-electron chi connectivity index (χ1n) is 7.30. The summed E-state index contributed by atoms with van der Waals surface area (Å²) < 4.78 is 10.7. The third-order valence-electron chi connectivity index (χ3n) is 3.83. The molecule has 0 fully saturated rings. The first kappa shape index (κ1) is 13.7. The highest BCUT2D eigenvalue weighted by Crippen LogP contribution is 2.32. The summed E-state index contributed by atoms with van der Waals surface area (Å²) in [6.45, 7) is 4.73. The molecule has 2 aromatic carbocycles. The van der Waals surface area contributed by atoms with Gasteiger partial charge in [-0.3, -0.25) is 4.99 Å². The molecule has 0 saturated heterocycles. The van der Waals surface area contributed by atoms with Gasteiger partial charge in [-0.2, -0.15) is 0 Å². The molecule has 0 spiro atoms. The van der Waals surface area contributed by atoms with Crippen molar-refractivity contribution >= 4 is 11.9 Å². The minimum Gasteiger partial charge on any atom is -0.454 e. The van der Waals surface area contributed by atoms with E-state index in [4.69, 9.17) is 9.47 Å². The van der Waals surface area contributed by atoms with Gasteiger partial charge >= 0.3 is 0 Å².